The van der Waals surface area contributed by atoms with Crippen molar-refractivity contribution in [2.45, 2.75) is 39.2 Å². The van der Waals surface area contributed by atoms with Crippen molar-refractivity contribution in [3.05, 3.63) is 17.5 Å². The molecule has 0 bridgehead atoms. The molecule has 1 N–H and O–H groups in total. The van der Waals surface area contributed by atoms with Gasteiger partial charge in [0.25, 0.3) is 0 Å². The molecule has 1 fully saturated rings. The van der Waals surface area contributed by atoms with Gasteiger partial charge in [-0.15, -0.1) is 0 Å². The number of anilines is 1. The number of nitrogens with zero attached hydrogens (tertiary/aromatic N) is 4. The van der Waals surface area contributed by atoms with Crippen molar-refractivity contribution in [2.24, 2.45) is 5.92 Å². The Morgan fingerprint density at radius 3 is 2.76 bits per heavy atom. The fourth-order valence-electron chi connectivity index (χ4n) is 2.46. The van der Waals surface area contributed by atoms with Crippen LogP contribution in [0.3, 0.4) is 0 Å². The molecule has 0 aromatic carbocycles. The Morgan fingerprint density at radius 1 is 1.33 bits per heavy atom. The van der Waals surface area contributed by atoms with E-state index < -0.39 is 0 Å². The number of aromatic nitrogens is 4. The first-order valence-electron chi connectivity index (χ1n) is 7.23. The first-order valence-corrected chi connectivity index (χ1v) is 8.00. The third-order valence-electron chi connectivity index (χ3n) is 3.61. The standard InChI is InChI=1S/C13H19N5O2S/c1-3-10-15-13(21-18-10)16-11(9-4-6-19-7-5-9)12-14-8(2)17-20-12/h9,11H,3-7H2,1-2H3,(H,15,16,18)/t11-/m1/s1. The van der Waals surface area contributed by atoms with E-state index in [1.165, 1.54) is 11.5 Å². The van der Waals surface area contributed by atoms with Gasteiger partial charge < -0.3 is 14.6 Å². The Labute approximate surface area is 127 Å². The Morgan fingerprint density at radius 2 is 2.14 bits per heavy atom. The third kappa shape index (κ3) is 3.38. The Bertz CT molecular complexity index is 579. The molecule has 0 unspecified atom stereocenters. The SMILES string of the molecule is CCc1nsc(N[C@@H](c2nc(C)no2)C2CCOCC2)n1. The van der Waals surface area contributed by atoms with E-state index in [1.807, 2.05) is 13.8 Å². The van der Waals surface area contributed by atoms with Gasteiger partial charge in [0.2, 0.25) is 11.0 Å². The number of rotatable bonds is 5. The maximum absolute atomic E-state index is 5.44. The van der Waals surface area contributed by atoms with E-state index >= 15 is 0 Å². The first-order chi connectivity index (χ1) is 10.3. The van der Waals surface area contributed by atoms with E-state index in [2.05, 4.69) is 24.8 Å². The van der Waals surface area contributed by atoms with Gasteiger partial charge in [-0.25, -0.2) is 4.98 Å². The molecular weight excluding hydrogens is 290 g/mol. The minimum absolute atomic E-state index is 0.0345. The average Bonchev–Trinajstić information content (AvgIpc) is 3.14. The highest BCUT2D eigenvalue weighted by Gasteiger charge is 2.30. The number of hydrogen-bond acceptors (Lipinski definition) is 8. The van der Waals surface area contributed by atoms with Gasteiger partial charge in [-0.05, 0) is 25.7 Å². The fraction of sp³-hybridized carbons (Fsp3) is 0.692. The van der Waals surface area contributed by atoms with Crippen LogP contribution in [-0.2, 0) is 11.2 Å². The predicted molar refractivity (Wildman–Crippen MR) is 78.2 cm³/mol. The predicted octanol–water partition coefficient (Wildman–Crippen LogP) is 2.37. The number of hydrogen-bond donors (Lipinski definition) is 1. The Balaban J connectivity index is 1.80. The van der Waals surface area contributed by atoms with E-state index in [0.29, 0.717) is 17.6 Å². The van der Waals surface area contributed by atoms with Crippen molar-refractivity contribution in [2.75, 3.05) is 18.5 Å². The van der Waals surface area contributed by atoms with E-state index in [4.69, 9.17) is 9.26 Å². The molecule has 1 atom stereocenters. The number of ether oxygens (including phenoxy) is 1. The van der Waals surface area contributed by atoms with Gasteiger partial charge in [-0.3, -0.25) is 0 Å². The molecule has 2 aromatic heterocycles. The number of nitrogens with one attached hydrogen (secondary N) is 1. The van der Waals surface area contributed by atoms with Crippen LogP contribution in [0.25, 0.3) is 0 Å². The highest BCUT2D eigenvalue weighted by molar-refractivity contribution is 7.09. The molecule has 0 amide bonds. The topological polar surface area (TPSA) is 86.0 Å². The van der Waals surface area contributed by atoms with Crippen molar-refractivity contribution >= 4 is 16.7 Å². The van der Waals surface area contributed by atoms with Gasteiger partial charge in [0.15, 0.2) is 5.82 Å². The van der Waals surface area contributed by atoms with Gasteiger partial charge in [-0.1, -0.05) is 12.1 Å². The van der Waals surface area contributed by atoms with E-state index in [1.54, 1.807) is 0 Å². The van der Waals surface area contributed by atoms with Crippen LogP contribution in [-0.4, -0.2) is 32.7 Å². The number of aryl methyl sites for hydroxylation is 2. The molecule has 8 heteroatoms. The molecule has 1 saturated heterocycles. The lowest BCUT2D eigenvalue weighted by atomic mass is 9.91. The minimum atomic E-state index is -0.0345. The molecule has 1 aliphatic heterocycles. The van der Waals surface area contributed by atoms with Gasteiger partial charge in [0, 0.05) is 31.2 Å². The molecule has 0 spiro atoms. The molecule has 1 aliphatic rings. The smallest absolute Gasteiger partial charge is 0.249 e. The monoisotopic (exact) mass is 309 g/mol. The molecule has 2 aromatic rings. The molecule has 3 rings (SSSR count). The van der Waals surface area contributed by atoms with Crippen molar-refractivity contribution in [3.8, 4) is 0 Å². The normalized spacial score (nSPS) is 17.8. The van der Waals surface area contributed by atoms with Crippen LogP contribution in [0.4, 0.5) is 5.13 Å². The zero-order valence-corrected chi connectivity index (χ0v) is 13.0. The van der Waals surface area contributed by atoms with Gasteiger partial charge in [0.1, 0.15) is 11.9 Å². The molecule has 21 heavy (non-hydrogen) atoms. The van der Waals surface area contributed by atoms with E-state index in [9.17, 15) is 0 Å². The summed E-state index contributed by atoms with van der Waals surface area (Å²) in [6, 6.07) is -0.0345. The van der Waals surface area contributed by atoms with E-state index in [0.717, 1.165) is 43.4 Å². The van der Waals surface area contributed by atoms with Crippen LogP contribution in [0.5, 0.6) is 0 Å². The second-order valence-corrected chi connectivity index (χ2v) is 5.87. The molecule has 3 heterocycles. The summed E-state index contributed by atoms with van der Waals surface area (Å²) in [5.41, 5.74) is 0. The summed E-state index contributed by atoms with van der Waals surface area (Å²) in [4.78, 5) is 8.86. The summed E-state index contributed by atoms with van der Waals surface area (Å²) in [6.07, 6.45) is 2.77. The summed E-state index contributed by atoms with van der Waals surface area (Å²) in [6.45, 7) is 5.41. The Kier molecular flexibility index (Phi) is 4.45. The van der Waals surface area contributed by atoms with Gasteiger partial charge in [-0.2, -0.15) is 9.36 Å². The Hall–Kier alpha value is -1.54. The van der Waals surface area contributed by atoms with Gasteiger partial charge >= 0.3 is 0 Å². The highest BCUT2D eigenvalue weighted by atomic mass is 32.1. The molecule has 7 nitrogen and oxygen atoms in total. The van der Waals surface area contributed by atoms with Crippen LogP contribution in [0.15, 0.2) is 4.52 Å². The van der Waals surface area contributed by atoms with Crippen molar-refractivity contribution in [1.29, 1.82) is 0 Å². The van der Waals surface area contributed by atoms with Crippen molar-refractivity contribution in [1.82, 2.24) is 19.5 Å². The lowest BCUT2D eigenvalue weighted by Crippen LogP contribution is -2.27. The maximum Gasteiger partial charge on any atom is 0.249 e. The zero-order chi connectivity index (χ0) is 14.7. The lowest BCUT2D eigenvalue weighted by Gasteiger charge is -2.28. The maximum atomic E-state index is 5.44. The summed E-state index contributed by atoms with van der Waals surface area (Å²) in [7, 11) is 0. The summed E-state index contributed by atoms with van der Waals surface area (Å²) in [5, 5.41) is 8.14. The molecule has 114 valence electrons. The first kappa shape index (κ1) is 14.4. The fourth-order valence-corrected chi connectivity index (χ4v) is 3.15. The highest BCUT2D eigenvalue weighted by Crippen LogP contribution is 2.32. The molecule has 0 aliphatic carbocycles. The van der Waals surface area contributed by atoms with Crippen LogP contribution in [0.1, 0.15) is 43.3 Å². The summed E-state index contributed by atoms with van der Waals surface area (Å²) < 4.78 is 15.1. The quantitative estimate of drug-likeness (QED) is 0.907. The largest absolute Gasteiger partial charge is 0.381 e. The van der Waals surface area contributed by atoms with Gasteiger partial charge in [0.05, 0.1) is 0 Å². The minimum Gasteiger partial charge on any atom is -0.381 e. The summed E-state index contributed by atoms with van der Waals surface area (Å²) >= 11 is 1.37. The lowest BCUT2D eigenvalue weighted by molar-refractivity contribution is 0.0571. The summed E-state index contributed by atoms with van der Waals surface area (Å²) in [5.74, 6) is 2.52. The molecule has 0 saturated carbocycles. The van der Waals surface area contributed by atoms with Crippen LogP contribution in [0, 0.1) is 12.8 Å². The average molecular weight is 309 g/mol. The second kappa shape index (κ2) is 6.48. The molecular formula is C13H19N5O2S. The zero-order valence-electron chi connectivity index (χ0n) is 12.2. The van der Waals surface area contributed by atoms with Crippen LogP contribution >= 0.6 is 11.5 Å². The third-order valence-corrected chi connectivity index (χ3v) is 4.29. The van der Waals surface area contributed by atoms with Crippen LogP contribution < -0.4 is 5.32 Å². The second-order valence-electron chi connectivity index (χ2n) is 5.12. The van der Waals surface area contributed by atoms with E-state index in [-0.39, 0.29) is 6.04 Å². The van der Waals surface area contributed by atoms with Crippen molar-refractivity contribution < 1.29 is 9.26 Å². The van der Waals surface area contributed by atoms with Crippen molar-refractivity contribution in [3.63, 3.8) is 0 Å². The molecule has 0 radical (unpaired) electrons. The van der Waals surface area contributed by atoms with Crippen LogP contribution in [0.2, 0.25) is 0 Å².